The van der Waals surface area contributed by atoms with Gasteiger partial charge in [0.25, 0.3) is 0 Å². The molecule has 3 atom stereocenters. The van der Waals surface area contributed by atoms with E-state index in [9.17, 15) is 0 Å². The van der Waals surface area contributed by atoms with Crippen LogP contribution < -0.4 is 0 Å². The number of allylic oxidation sites excluding steroid dienone is 2. The molecule has 154 valence electrons. The highest BCUT2D eigenvalue weighted by Gasteiger charge is 2.19. The van der Waals surface area contributed by atoms with Gasteiger partial charge in [0.1, 0.15) is 0 Å². The van der Waals surface area contributed by atoms with Crippen molar-refractivity contribution in [3.8, 4) is 0 Å². The van der Waals surface area contributed by atoms with E-state index < -0.39 is 0 Å². The first-order valence-electron chi connectivity index (χ1n) is 12.2. The van der Waals surface area contributed by atoms with E-state index in [2.05, 4.69) is 46.8 Å². The van der Waals surface area contributed by atoms with Crippen molar-refractivity contribution in [2.45, 2.75) is 125 Å². The first kappa shape index (κ1) is 23.8. The lowest BCUT2D eigenvalue weighted by Crippen LogP contribution is -2.13. The molecule has 0 aromatic rings. The molecule has 0 nitrogen and oxygen atoms in total. The molecule has 0 heterocycles. The van der Waals surface area contributed by atoms with Gasteiger partial charge in [-0.15, -0.1) is 0 Å². The van der Waals surface area contributed by atoms with Crippen molar-refractivity contribution in [1.82, 2.24) is 0 Å². The Hall–Kier alpha value is -0.260. The van der Waals surface area contributed by atoms with Crippen LogP contribution in [0.1, 0.15) is 125 Å². The molecule has 3 aliphatic rings. The monoisotopic (exact) mass is 362 g/mol. The van der Waals surface area contributed by atoms with Crippen molar-refractivity contribution in [2.75, 3.05) is 0 Å². The number of rotatable bonds is 4. The van der Waals surface area contributed by atoms with Gasteiger partial charge in [-0.25, -0.2) is 0 Å². The topological polar surface area (TPSA) is 0 Å². The molecule has 26 heavy (non-hydrogen) atoms. The van der Waals surface area contributed by atoms with Crippen LogP contribution in [0.4, 0.5) is 0 Å². The van der Waals surface area contributed by atoms with E-state index in [1.165, 1.54) is 89.9 Å². The fraction of sp³-hybridized carbons (Fsp3) is 0.923. The molecule has 2 saturated carbocycles. The lowest BCUT2D eigenvalue weighted by Gasteiger charge is -2.27. The van der Waals surface area contributed by atoms with Crippen molar-refractivity contribution in [1.29, 1.82) is 0 Å². The molecule has 3 aliphatic carbocycles. The summed E-state index contributed by atoms with van der Waals surface area (Å²) in [6.07, 6.45) is 24.8. The van der Waals surface area contributed by atoms with E-state index in [1.807, 2.05) is 0 Å². The van der Waals surface area contributed by atoms with Crippen LogP contribution in [0.2, 0.25) is 0 Å². The molecule has 0 N–H and O–H groups in total. The Morgan fingerprint density at radius 2 is 1.27 bits per heavy atom. The zero-order valence-electron chi connectivity index (χ0n) is 18.9. The second-order valence-electron chi connectivity index (χ2n) is 9.67. The predicted molar refractivity (Wildman–Crippen MR) is 120 cm³/mol. The summed E-state index contributed by atoms with van der Waals surface area (Å²) in [5.74, 6) is 5.21. The molecular formula is C26H50. The van der Waals surface area contributed by atoms with E-state index in [0.717, 1.165) is 29.6 Å². The van der Waals surface area contributed by atoms with Crippen LogP contribution in [0.5, 0.6) is 0 Å². The highest BCUT2D eigenvalue weighted by molar-refractivity contribution is 4.88. The second kappa shape index (κ2) is 14.8. The number of hydrogen-bond acceptors (Lipinski definition) is 0. The second-order valence-corrected chi connectivity index (χ2v) is 9.67. The third-order valence-corrected chi connectivity index (χ3v) is 7.15. The Labute approximate surface area is 166 Å². The smallest absolute Gasteiger partial charge is 0.0325 e. The first-order chi connectivity index (χ1) is 12.6. The van der Waals surface area contributed by atoms with Crippen molar-refractivity contribution in [2.24, 2.45) is 29.6 Å². The minimum Gasteiger partial charge on any atom is -0.0885 e. The van der Waals surface area contributed by atoms with Crippen LogP contribution in [-0.4, -0.2) is 0 Å². The van der Waals surface area contributed by atoms with Gasteiger partial charge >= 0.3 is 0 Å². The molecule has 2 unspecified atom stereocenters. The molecule has 0 heteroatoms. The van der Waals surface area contributed by atoms with Gasteiger partial charge < -0.3 is 0 Å². The molecule has 0 aromatic heterocycles. The van der Waals surface area contributed by atoms with E-state index in [4.69, 9.17) is 0 Å². The van der Waals surface area contributed by atoms with Gasteiger partial charge in [0.2, 0.25) is 0 Å². The van der Waals surface area contributed by atoms with Crippen LogP contribution in [0.15, 0.2) is 12.2 Å². The summed E-state index contributed by atoms with van der Waals surface area (Å²) in [4.78, 5) is 0. The van der Waals surface area contributed by atoms with Gasteiger partial charge in [-0.3, -0.25) is 0 Å². The Morgan fingerprint density at radius 3 is 1.62 bits per heavy atom. The van der Waals surface area contributed by atoms with E-state index >= 15 is 0 Å². The Balaban J connectivity index is 0.000000201. The van der Waals surface area contributed by atoms with Gasteiger partial charge in [0.05, 0.1) is 0 Å². The first-order valence-corrected chi connectivity index (χ1v) is 12.2. The zero-order chi connectivity index (χ0) is 19.2. The molecule has 0 amide bonds. The van der Waals surface area contributed by atoms with Crippen LogP contribution in [0.25, 0.3) is 0 Å². The Bertz CT molecular complexity index is 334. The average molecular weight is 363 g/mol. The van der Waals surface area contributed by atoms with Gasteiger partial charge in [-0.1, -0.05) is 111 Å². The molecule has 0 aliphatic heterocycles. The van der Waals surface area contributed by atoms with Crippen molar-refractivity contribution in [3.63, 3.8) is 0 Å². The van der Waals surface area contributed by atoms with Crippen molar-refractivity contribution in [3.05, 3.63) is 12.2 Å². The summed E-state index contributed by atoms with van der Waals surface area (Å²) in [6, 6.07) is 0. The zero-order valence-corrected chi connectivity index (χ0v) is 18.9. The fourth-order valence-electron chi connectivity index (χ4n) is 4.98. The average Bonchev–Trinajstić information content (AvgIpc) is 3.10. The quantitative estimate of drug-likeness (QED) is 0.437. The molecule has 0 bridgehead atoms. The summed E-state index contributed by atoms with van der Waals surface area (Å²) in [5.41, 5.74) is 0. The normalized spacial score (nSPS) is 33.7. The maximum absolute atomic E-state index is 2.37. The molecule has 0 aromatic carbocycles. The van der Waals surface area contributed by atoms with Crippen molar-refractivity contribution >= 4 is 0 Å². The molecule has 3 rings (SSSR count). The maximum atomic E-state index is 2.37. The maximum Gasteiger partial charge on any atom is -0.0325 e. The summed E-state index contributed by atoms with van der Waals surface area (Å²) in [7, 11) is 0. The summed E-state index contributed by atoms with van der Waals surface area (Å²) < 4.78 is 0. The molecule has 2 fully saturated rings. The molecule has 0 saturated heterocycles. The lowest BCUT2D eigenvalue weighted by atomic mass is 9.79. The van der Waals surface area contributed by atoms with Gasteiger partial charge in [0, 0.05) is 0 Å². The van der Waals surface area contributed by atoms with E-state index in [-0.39, 0.29) is 0 Å². The third kappa shape index (κ3) is 10.8. The Morgan fingerprint density at radius 1 is 0.654 bits per heavy atom. The minimum absolute atomic E-state index is 0.949. The van der Waals surface area contributed by atoms with Crippen LogP contribution in [0, 0.1) is 29.6 Å². The standard InChI is InChI=1S/C11H22.C8H16.C7H12/c1-3-5-11-8-6-10(4-2)7-9-11;1-3-8-5-4-7(2)6-8;1-7-5-3-2-4-6-7/h10-11H,3-9H2,1-2H3;7-8H,3-6H2,1-2H3;2-3,7H,4-6H2,1H3/t;7-,8?;/m.0./s1. The Kier molecular flexibility index (Phi) is 13.5. The number of hydrogen-bond donors (Lipinski definition) is 0. The van der Waals surface area contributed by atoms with Gasteiger partial charge in [-0.2, -0.15) is 0 Å². The SMILES string of the molecule is CC1CC=CCC1.CCC1CC[C@H](C)C1.CCCC1CCC(CC)CC1. The third-order valence-electron chi connectivity index (χ3n) is 7.15. The molecular weight excluding hydrogens is 312 g/mol. The molecule has 0 spiro atoms. The van der Waals surface area contributed by atoms with Crippen molar-refractivity contribution < 1.29 is 0 Å². The highest BCUT2D eigenvalue weighted by Crippen LogP contribution is 2.33. The van der Waals surface area contributed by atoms with Gasteiger partial charge in [0.15, 0.2) is 0 Å². The lowest BCUT2D eigenvalue weighted by molar-refractivity contribution is 0.257. The summed E-state index contributed by atoms with van der Waals surface area (Å²) >= 11 is 0. The fourth-order valence-corrected chi connectivity index (χ4v) is 4.98. The largest absolute Gasteiger partial charge is 0.0885 e. The minimum atomic E-state index is 0.949. The molecule has 0 radical (unpaired) electrons. The van der Waals surface area contributed by atoms with Crippen LogP contribution >= 0.6 is 0 Å². The predicted octanol–water partition coefficient (Wildman–Crippen LogP) is 9.20. The summed E-state index contributed by atoms with van der Waals surface area (Å²) in [5, 5.41) is 0. The summed E-state index contributed by atoms with van der Waals surface area (Å²) in [6.45, 7) is 11.6. The van der Waals surface area contributed by atoms with E-state index in [0.29, 0.717) is 0 Å². The highest BCUT2D eigenvalue weighted by atomic mass is 14.2. The van der Waals surface area contributed by atoms with Crippen LogP contribution in [-0.2, 0) is 0 Å². The van der Waals surface area contributed by atoms with Gasteiger partial charge in [-0.05, 0) is 55.3 Å². The van der Waals surface area contributed by atoms with E-state index in [1.54, 1.807) is 0 Å². The van der Waals surface area contributed by atoms with Crippen LogP contribution in [0.3, 0.4) is 0 Å².